The maximum Gasteiger partial charge on any atom is 0.324 e. The van der Waals surface area contributed by atoms with Crippen LogP contribution in [-0.2, 0) is 4.74 Å². The number of benzene rings is 1. The second-order valence-electron chi connectivity index (χ2n) is 7.47. The number of urea groups is 1. The summed E-state index contributed by atoms with van der Waals surface area (Å²) in [7, 11) is 0. The molecule has 2 heterocycles. The van der Waals surface area contributed by atoms with Crippen molar-refractivity contribution in [1.82, 2.24) is 10.2 Å². The molecule has 7 nitrogen and oxygen atoms in total. The molecule has 3 rings (SSSR count). The molecular formula is C21H28N4O3S. The van der Waals surface area contributed by atoms with Crippen molar-refractivity contribution >= 4 is 34.0 Å². The highest BCUT2D eigenvalue weighted by molar-refractivity contribution is 7.18. The average Bonchev–Trinajstić information content (AvgIpc) is 3.15. The van der Waals surface area contributed by atoms with Gasteiger partial charge in [-0.25, -0.2) is 4.79 Å². The first kappa shape index (κ1) is 21.3. The highest BCUT2D eigenvalue weighted by Gasteiger charge is 2.22. The van der Waals surface area contributed by atoms with Gasteiger partial charge in [0.05, 0.1) is 22.6 Å². The van der Waals surface area contributed by atoms with Gasteiger partial charge in [-0.3, -0.25) is 15.0 Å². The molecule has 3 N–H and O–H groups in total. The van der Waals surface area contributed by atoms with Gasteiger partial charge < -0.3 is 15.4 Å². The summed E-state index contributed by atoms with van der Waals surface area (Å²) in [6.45, 7) is 8.38. The second-order valence-corrected chi connectivity index (χ2v) is 8.55. The van der Waals surface area contributed by atoms with Crippen molar-refractivity contribution in [3.63, 3.8) is 0 Å². The maximum atomic E-state index is 12.4. The lowest BCUT2D eigenvalue weighted by Crippen LogP contribution is -2.48. The minimum Gasteiger partial charge on any atom is -0.374 e. The van der Waals surface area contributed by atoms with Gasteiger partial charge in [0.25, 0.3) is 5.91 Å². The molecule has 1 aromatic heterocycles. The van der Waals surface area contributed by atoms with Gasteiger partial charge in [-0.2, -0.15) is 0 Å². The number of nitrogens with one attached hydrogen (secondary N) is 3. The molecule has 3 amide bonds. The summed E-state index contributed by atoms with van der Waals surface area (Å²) in [5.41, 5.74) is 0.707. The van der Waals surface area contributed by atoms with Crippen molar-refractivity contribution in [2.24, 2.45) is 5.92 Å². The van der Waals surface area contributed by atoms with Crippen molar-refractivity contribution in [2.75, 3.05) is 43.4 Å². The molecule has 8 heteroatoms. The lowest BCUT2D eigenvalue weighted by molar-refractivity contribution is -0.0295. The minimum atomic E-state index is -0.342. The highest BCUT2D eigenvalue weighted by atomic mass is 32.1. The standard InChI is InChI=1S/C21H28N4O3S/c1-15(2)13-25-10-11-28-17(14-25)12-22-20(26)18-8-9-19(29-18)24-21(27)23-16-6-4-3-5-7-16/h3-9,15,17H,10-14H2,1-2H3,(H,22,26)(H2,23,24,27). The van der Waals surface area contributed by atoms with E-state index in [0.29, 0.717) is 34.6 Å². The SMILES string of the molecule is CC(C)CN1CCOC(CNC(=O)c2ccc(NC(=O)Nc3ccccc3)s2)C1. The molecule has 1 aliphatic heterocycles. The van der Waals surface area contributed by atoms with Crippen LogP contribution < -0.4 is 16.0 Å². The molecule has 0 bridgehead atoms. The van der Waals surface area contributed by atoms with E-state index in [0.717, 1.165) is 19.6 Å². The molecule has 156 valence electrons. The number of carbonyl (C=O) groups excluding carboxylic acids is 2. The zero-order valence-electron chi connectivity index (χ0n) is 16.8. The van der Waals surface area contributed by atoms with Gasteiger partial charge >= 0.3 is 6.03 Å². The molecule has 1 fully saturated rings. The molecule has 0 saturated carbocycles. The van der Waals surface area contributed by atoms with E-state index >= 15 is 0 Å². The molecule has 29 heavy (non-hydrogen) atoms. The van der Waals surface area contributed by atoms with Gasteiger partial charge in [-0.1, -0.05) is 32.0 Å². The third-order valence-corrected chi connectivity index (χ3v) is 5.43. The summed E-state index contributed by atoms with van der Waals surface area (Å²) in [5.74, 6) is 0.454. The molecule has 0 spiro atoms. The predicted octanol–water partition coefficient (Wildman–Crippen LogP) is 3.48. The van der Waals surface area contributed by atoms with Crippen LogP contribution in [0.25, 0.3) is 0 Å². The number of rotatable bonds is 7. The average molecular weight is 417 g/mol. The quantitative estimate of drug-likeness (QED) is 0.645. The van der Waals surface area contributed by atoms with Gasteiger partial charge in [-0.05, 0) is 30.2 Å². The zero-order chi connectivity index (χ0) is 20.6. The first-order valence-corrected chi connectivity index (χ1v) is 10.7. The first-order chi connectivity index (χ1) is 14.0. The van der Waals surface area contributed by atoms with Crippen molar-refractivity contribution < 1.29 is 14.3 Å². The van der Waals surface area contributed by atoms with Crippen molar-refractivity contribution in [3.8, 4) is 0 Å². The predicted molar refractivity (Wildman–Crippen MR) is 117 cm³/mol. The van der Waals surface area contributed by atoms with Crippen LogP contribution >= 0.6 is 11.3 Å². The number of hydrogen-bond donors (Lipinski definition) is 3. The lowest BCUT2D eigenvalue weighted by Gasteiger charge is -2.33. The molecular weight excluding hydrogens is 388 g/mol. The molecule has 1 aromatic carbocycles. The highest BCUT2D eigenvalue weighted by Crippen LogP contribution is 2.22. The largest absolute Gasteiger partial charge is 0.374 e. The van der Waals surface area contributed by atoms with E-state index in [1.165, 1.54) is 11.3 Å². The smallest absolute Gasteiger partial charge is 0.324 e. The van der Waals surface area contributed by atoms with Gasteiger partial charge in [0.1, 0.15) is 0 Å². The molecule has 2 aromatic rings. The summed E-state index contributed by atoms with van der Waals surface area (Å²) in [6.07, 6.45) is 0.000609. The number of ether oxygens (including phenoxy) is 1. The summed E-state index contributed by atoms with van der Waals surface area (Å²) < 4.78 is 5.77. The number of anilines is 2. The van der Waals surface area contributed by atoms with Gasteiger partial charge in [0, 0.05) is 31.9 Å². The fourth-order valence-corrected chi connectivity index (χ4v) is 4.02. The number of para-hydroxylation sites is 1. The number of morpholine rings is 1. The monoisotopic (exact) mass is 416 g/mol. The van der Waals surface area contributed by atoms with Crippen LogP contribution in [0.5, 0.6) is 0 Å². The number of hydrogen-bond acceptors (Lipinski definition) is 5. The van der Waals surface area contributed by atoms with Crippen molar-refractivity contribution in [3.05, 3.63) is 47.3 Å². The molecule has 0 aliphatic carbocycles. The van der Waals surface area contributed by atoms with E-state index in [9.17, 15) is 9.59 Å². The van der Waals surface area contributed by atoms with E-state index in [2.05, 4.69) is 34.7 Å². The normalized spacial score (nSPS) is 17.1. The summed E-state index contributed by atoms with van der Waals surface area (Å²) in [5, 5.41) is 9.05. The summed E-state index contributed by atoms with van der Waals surface area (Å²) in [4.78, 5) is 27.4. The molecule has 1 aliphatic rings. The molecule has 1 unspecified atom stereocenters. The van der Waals surface area contributed by atoms with Crippen LogP contribution in [0.2, 0.25) is 0 Å². The molecule has 1 saturated heterocycles. The Labute approximate surface area is 175 Å². The molecule has 0 radical (unpaired) electrons. The topological polar surface area (TPSA) is 82.7 Å². The Hall–Kier alpha value is -2.42. The Morgan fingerprint density at radius 1 is 1.17 bits per heavy atom. The Balaban J connectivity index is 1.45. The minimum absolute atomic E-state index is 0.000609. The Morgan fingerprint density at radius 2 is 1.97 bits per heavy atom. The maximum absolute atomic E-state index is 12.4. The summed E-state index contributed by atoms with van der Waals surface area (Å²) in [6, 6.07) is 12.3. The third kappa shape index (κ3) is 6.85. The van der Waals surface area contributed by atoms with Gasteiger partial charge in [-0.15, -0.1) is 11.3 Å². The van der Waals surface area contributed by atoms with Crippen molar-refractivity contribution in [2.45, 2.75) is 20.0 Å². The van der Waals surface area contributed by atoms with Crippen LogP contribution in [0, 0.1) is 5.92 Å². The van der Waals surface area contributed by atoms with E-state index in [-0.39, 0.29) is 18.0 Å². The van der Waals surface area contributed by atoms with Crippen molar-refractivity contribution in [1.29, 1.82) is 0 Å². The van der Waals surface area contributed by atoms with Crippen LogP contribution in [0.1, 0.15) is 23.5 Å². The fraction of sp³-hybridized carbons (Fsp3) is 0.429. The van der Waals surface area contributed by atoms with Crippen LogP contribution in [-0.4, -0.2) is 55.7 Å². The van der Waals surface area contributed by atoms with Gasteiger partial charge in [0.15, 0.2) is 0 Å². The number of nitrogens with zero attached hydrogens (tertiary/aromatic N) is 1. The summed E-state index contributed by atoms with van der Waals surface area (Å²) >= 11 is 1.24. The zero-order valence-corrected chi connectivity index (χ0v) is 17.6. The van der Waals surface area contributed by atoms with Crippen LogP contribution in [0.4, 0.5) is 15.5 Å². The van der Waals surface area contributed by atoms with Crippen LogP contribution in [0.3, 0.4) is 0 Å². The van der Waals surface area contributed by atoms with E-state index in [1.54, 1.807) is 12.1 Å². The second kappa shape index (κ2) is 10.4. The number of carbonyl (C=O) groups is 2. The first-order valence-electron chi connectivity index (χ1n) is 9.84. The van der Waals surface area contributed by atoms with Gasteiger partial charge in [0.2, 0.25) is 0 Å². The third-order valence-electron chi connectivity index (χ3n) is 4.43. The van der Waals surface area contributed by atoms with Crippen LogP contribution in [0.15, 0.2) is 42.5 Å². The Morgan fingerprint density at radius 3 is 2.72 bits per heavy atom. The van der Waals surface area contributed by atoms with E-state index in [4.69, 9.17) is 4.74 Å². The fourth-order valence-electron chi connectivity index (χ4n) is 3.20. The number of amides is 3. The number of thiophene rings is 1. The van der Waals surface area contributed by atoms with E-state index in [1.807, 2.05) is 30.3 Å². The lowest BCUT2D eigenvalue weighted by atomic mass is 10.2. The Bertz CT molecular complexity index is 809. The molecule has 1 atom stereocenters. The Kier molecular flexibility index (Phi) is 7.62. The van der Waals surface area contributed by atoms with E-state index < -0.39 is 0 Å².